The van der Waals surface area contributed by atoms with Gasteiger partial charge in [0.25, 0.3) is 0 Å². The Hall–Kier alpha value is -1.59. The lowest BCUT2D eigenvalue weighted by Gasteiger charge is -2.18. The van der Waals surface area contributed by atoms with Gasteiger partial charge in [0.2, 0.25) is 0 Å². The number of nitrogens with zero attached hydrogens (tertiary/aromatic N) is 1. The topological polar surface area (TPSA) is 82.3 Å². The normalized spacial score (nSPS) is 12.6. The first-order chi connectivity index (χ1) is 7.99. The van der Waals surface area contributed by atoms with Gasteiger partial charge in [-0.15, -0.1) is 0 Å². The molecule has 0 spiro atoms. The highest BCUT2D eigenvalue weighted by molar-refractivity contribution is 6.05. The summed E-state index contributed by atoms with van der Waals surface area (Å²) in [5.41, 5.74) is -0.426. The summed E-state index contributed by atoms with van der Waals surface area (Å²) >= 11 is 0. The van der Waals surface area contributed by atoms with E-state index >= 15 is 0 Å². The molecule has 1 rings (SSSR count). The Kier molecular flexibility index (Phi) is 4.48. The molecule has 0 saturated heterocycles. The summed E-state index contributed by atoms with van der Waals surface area (Å²) in [6.45, 7) is 3.26. The average molecular weight is 239 g/mol. The minimum atomic E-state index is -1.22. The van der Waals surface area contributed by atoms with Crippen LogP contribution in [0, 0.1) is 0 Å². The van der Waals surface area contributed by atoms with Gasteiger partial charge in [-0.25, -0.2) is 0 Å². The number of aliphatic hydroxyl groups is 2. The minimum Gasteiger partial charge on any atom is -0.491 e. The van der Waals surface area contributed by atoms with Gasteiger partial charge in [0, 0.05) is 5.56 Å². The van der Waals surface area contributed by atoms with Crippen molar-refractivity contribution in [1.82, 2.24) is 0 Å². The standard InChI is InChI=1S/C12H17NO4/c1-12(2,15)11(13-16)9-3-5-10(6-4-9)17-8-7-14/h3-6,14-16H,7-8H2,1-2H3/b13-11-. The quantitative estimate of drug-likeness (QED) is 0.407. The van der Waals surface area contributed by atoms with Crippen LogP contribution in [0.4, 0.5) is 0 Å². The van der Waals surface area contributed by atoms with Crippen LogP contribution >= 0.6 is 0 Å². The molecule has 3 N–H and O–H groups in total. The van der Waals surface area contributed by atoms with Crippen molar-refractivity contribution in [3.63, 3.8) is 0 Å². The molecule has 5 heteroatoms. The van der Waals surface area contributed by atoms with Crippen molar-refractivity contribution in [2.75, 3.05) is 13.2 Å². The maximum absolute atomic E-state index is 9.79. The maximum Gasteiger partial charge on any atom is 0.119 e. The monoisotopic (exact) mass is 239 g/mol. The molecular formula is C12H17NO4. The smallest absolute Gasteiger partial charge is 0.119 e. The maximum atomic E-state index is 9.79. The molecule has 5 nitrogen and oxygen atoms in total. The lowest BCUT2D eigenvalue weighted by molar-refractivity contribution is 0.148. The van der Waals surface area contributed by atoms with Crippen LogP contribution in [-0.2, 0) is 0 Å². The summed E-state index contributed by atoms with van der Waals surface area (Å²) in [6.07, 6.45) is 0. The molecule has 0 aromatic heterocycles. The van der Waals surface area contributed by atoms with E-state index in [9.17, 15) is 5.11 Å². The van der Waals surface area contributed by atoms with Gasteiger partial charge in [-0.1, -0.05) is 5.16 Å². The molecule has 0 bridgehead atoms. The average Bonchev–Trinajstić information content (AvgIpc) is 2.27. The van der Waals surface area contributed by atoms with Crippen LogP contribution < -0.4 is 4.74 Å². The van der Waals surface area contributed by atoms with E-state index < -0.39 is 5.60 Å². The van der Waals surface area contributed by atoms with Crippen LogP contribution in [0.25, 0.3) is 0 Å². The molecule has 17 heavy (non-hydrogen) atoms. The first-order valence-electron chi connectivity index (χ1n) is 5.28. The SMILES string of the molecule is CC(C)(O)/C(=N\O)c1ccc(OCCO)cc1. The third kappa shape index (κ3) is 3.72. The number of aliphatic hydroxyl groups excluding tert-OH is 1. The lowest BCUT2D eigenvalue weighted by atomic mass is 9.96. The van der Waals surface area contributed by atoms with E-state index in [1.807, 2.05) is 0 Å². The van der Waals surface area contributed by atoms with Crippen molar-refractivity contribution in [3.8, 4) is 5.75 Å². The summed E-state index contributed by atoms with van der Waals surface area (Å²) in [5, 5.41) is 30.4. The van der Waals surface area contributed by atoms with Gasteiger partial charge < -0.3 is 20.2 Å². The Morgan fingerprint density at radius 3 is 2.29 bits per heavy atom. The molecule has 94 valence electrons. The molecule has 0 fully saturated rings. The fourth-order valence-corrected chi connectivity index (χ4v) is 1.41. The molecular weight excluding hydrogens is 222 g/mol. The summed E-state index contributed by atoms with van der Waals surface area (Å²) in [4.78, 5) is 0. The Bertz CT molecular complexity index is 378. The molecule has 0 atom stereocenters. The summed E-state index contributed by atoms with van der Waals surface area (Å²) in [5.74, 6) is 0.607. The molecule has 1 aromatic carbocycles. The number of ether oxygens (including phenoxy) is 1. The third-order valence-electron chi connectivity index (χ3n) is 2.17. The first kappa shape index (κ1) is 13.5. The van der Waals surface area contributed by atoms with Gasteiger partial charge in [0.05, 0.1) is 6.61 Å². The van der Waals surface area contributed by atoms with Gasteiger partial charge >= 0.3 is 0 Å². The Balaban J connectivity index is 2.87. The minimum absolute atomic E-state index is 0.0469. The first-order valence-corrected chi connectivity index (χ1v) is 5.28. The zero-order chi connectivity index (χ0) is 12.9. The van der Waals surface area contributed by atoms with Crippen molar-refractivity contribution in [1.29, 1.82) is 0 Å². The number of oxime groups is 1. The molecule has 0 heterocycles. The predicted molar refractivity (Wildman–Crippen MR) is 63.6 cm³/mol. The number of benzene rings is 1. The lowest BCUT2D eigenvalue weighted by Crippen LogP contribution is -2.32. The second-order valence-corrected chi connectivity index (χ2v) is 4.10. The zero-order valence-corrected chi connectivity index (χ0v) is 9.92. The fraction of sp³-hybridized carbons (Fsp3) is 0.417. The number of hydrogen-bond donors (Lipinski definition) is 3. The Morgan fingerprint density at radius 2 is 1.88 bits per heavy atom. The molecule has 0 aliphatic carbocycles. The number of rotatable bonds is 5. The zero-order valence-electron chi connectivity index (χ0n) is 9.92. The highest BCUT2D eigenvalue weighted by atomic mass is 16.5. The molecule has 0 amide bonds. The second kappa shape index (κ2) is 5.65. The van der Waals surface area contributed by atoms with E-state index in [0.717, 1.165) is 0 Å². The molecule has 0 saturated carbocycles. The van der Waals surface area contributed by atoms with Crippen molar-refractivity contribution >= 4 is 5.71 Å². The molecule has 0 unspecified atom stereocenters. The van der Waals surface area contributed by atoms with E-state index in [2.05, 4.69) is 5.16 Å². The van der Waals surface area contributed by atoms with E-state index in [4.69, 9.17) is 15.1 Å². The van der Waals surface area contributed by atoms with Crippen molar-refractivity contribution in [3.05, 3.63) is 29.8 Å². The van der Waals surface area contributed by atoms with Crippen molar-refractivity contribution in [2.45, 2.75) is 19.4 Å². The highest BCUT2D eigenvalue weighted by Gasteiger charge is 2.23. The van der Waals surface area contributed by atoms with Gasteiger partial charge in [0.15, 0.2) is 0 Å². The van der Waals surface area contributed by atoms with Crippen LogP contribution in [0.15, 0.2) is 29.4 Å². The molecule has 1 aromatic rings. The van der Waals surface area contributed by atoms with Gasteiger partial charge in [-0.2, -0.15) is 0 Å². The molecule has 0 aliphatic heterocycles. The van der Waals surface area contributed by atoms with Crippen LogP contribution in [0.2, 0.25) is 0 Å². The van der Waals surface area contributed by atoms with Crippen LogP contribution in [0.5, 0.6) is 5.75 Å². The molecule has 0 aliphatic rings. The summed E-state index contributed by atoms with van der Waals surface area (Å²) in [7, 11) is 0. The van der Waals surface area contributed by atoms with Gasteiger partial charge in [0.1, 0.15) is 23.7 Å². The van der Waals surface area contributed by atoms with Crippen LogP contribution in [0.1, 0.15) is 19.4 Å². The van der Waals surface area contributed by atoms with Gasteiger partial charge in [-0.05, 0) is 38.1 Å². The highest BCUT2D eigenvalue weighted by Crippen LogP contribution is 2.17. The fourth-order valence-electron chi connectivity index (χ4n) is 1.41. The van der Waals surface area contributed by atoms with E-state index in [-0.39, 0.29) is 18.9 Å². The van der Waals surface area contributed by atoms with Crippen molar-refractivity contribution in [2.24, 2.45) is 5.16 Å². The van der Waals surface area contributed by atoms with E-state index in [1.54, 1.807) is 24.3 Å². The largest absolute Gasteiger partial charge is 0.491 e. The van der Waals surface area contributed by atoms with E-state index in [0.29, 0.717) is 11.3 Å². The van der Waals surface area contributed by atoms with Crippen LogP contribution in [0.3, 0.4) is 0 Å². The number of hydrogen-bond acceptors (Lipinski definition) is 5. The van der Waals surface area contributed by atoms with Gasteiger partial charge in [-0.3, -0.25) is 0 Å². The summed E-state index contributed by atoms with van der Waals surface area (Å²) in [6, 6.07) is 6.73. The Morgan fingerprint density at radius 1 is 1.29 bits per heavy atom. The molecule has 0 radical (unpaired) electrons. The van der Waals surface area contributed by atoms with Crippen LogP contribution in [-0.4, -0.2) is 39.9 Å². The predicted octanol–water partition coefficient (Wildman–Crippen LogP) is 1.01. The summed E-state index contributed by atoms with van der Waals surface area (Å²) < 4.78 is 5.19. The van der Waals surface area contributed by atoms with Crippen molar-refractivity contribution < 1.29 is 20.2 Å². The third-order valence-corrected chi connectivity index (χ3v) is 2.17. The van der Waals surface area contributed by atoms with E-state index in [1.165, 1.54) is 13.8 Å². The Labute approximate surface area is 100.0 Å². The second-order valence-electron chi connectivity index (χ2n) is 4.10.